The van der Waals surface area contributed by atoms with Crippen molar-refractivity contribution in [3.63, 3.8) is 0 Å². The number of likely N-dealkylation sites (tertiary alicyclic amines) is 1. The summed E-state index contributed by atoms with van der Waals surface area (Å²) in [5.41, 5.74) is 2.16. The molecule has 2 aromatic carbocycles. The van der Waals surface area contributed by atoms with E-state index in [4.69, 9.17) is 4.42 Å². The Labute approximate surface area is 194 Å². The van der Waals surface area contributed by atoms with Crippen molar-refractivity contribution in [2.24, 2.45) is 0 Å². The monoisotopic (exact) mass is 470 g/mol. The molecule has 1 aromatic heterocycles. The van der Waals surface area contributed by atoms with Crippen molar-refractivity contribution in [3.8, 4) is 0 Å². The average molecular weight is 471 g/mol. The van der Waals surface area contributed by atoms with Crippen LogP contribution in [0.1, 0.15) is 38.5 Å². The number of anilines is 1. The first-order chi connectivity index (χ1) is 15.9. The molecule has 1 amide bonds. The van der Waals surface area contributed by atoms with E-state index in [9.17, 15) is 13.2 Å². The maximum absolute atomic E-state index is 12.7. The molecule has 0 saturated carbocycles. The number of piperidine rings is 1. The Morgan fingerprint density at radius 3 is 2.55 bits per heavy atom. The van der Waals surface area contributed by atoms with Gasteiger partial charge in [-0.2, -0.15) is 4.31 Å². The van der Waals surface area contributed by atoms with Gasteiger partial charge in [0.1, 0.15) is 5.52 Å². The molecule has 176 valence electrons. The van der Waals surface area contributed by atoms with Crippen LogP contribution in [0.5, 0.6) is 0 Å². The lowest BCUT2D eigenvalue weighted by Crippen LogP contribution is -2.38. The summed E-state index contributed by atoms with van der Waals surface area (Å²) in [6, 6.07) is 14.2. The summed E-state index contributed by atoms with van der Waals surface area (Å²) in [5.74, 6) is 0.859. The van der Waals surface area contributed by atoms with Crippen molar-refractivity contribution >= 4 is 32.7 Å². The first-order valence-electron chi connectivity index (χ1n) is 11.4. The highest BCUT2D eigenvalue weighted by Gasteiger charge is 2.26. The van der Waals surface area contributed by atoms with Crippen LogP contribution in [0, 0.1) is 0 Å². The number of hydrogen-bond acceptors (Lipinski definition) is 6. The van der Waals surface area contributed by atoms with Gasteiger partial charge in [-0.1, -0.05) is 32.0 Å². The van der Waals surface area contributed by atoms with E-state index in [1.165, 1.54) is 10.4 Å². The topological polar surface area (TPSA) is 95.8 Å². The van der Waals surface area contributed by atoms with Gasteiger partial charge in [-0.3, -0.25) is 9.69 Å². The molecule has 2 heterocycles. The number of carbonyl (C=O) groups is 1. The van der Waals surface area contributed by atoms with Gasteiger partial charge >= 0.3 is 0 Å². The molecule has 33 heavy (non-hydrogen) atoms. The fraction of sp³-hybridized carbons (Fsp3) is 0.417. The van der Waals surface area contributed by atoms with E-state index in [-0.39, 0.29) is 23.3 Å². The van der Waals surface area contributed by atoms with Crippen molar-refractivity contribution in [1.82, 2.24) is 14.2 Å². The van der Waals surface area contributed by atoms with Crippen LogP contribution in [0.25, 0.3) is 11.1 Å². The number of para-hydroxylation sites is 2. The number of amides is 1. The van der Waals surface area contributed by atoms with E-state index in [0.29, 0.717) is 18.8 Å². The number of hydrogen-bond donors (Lipinski definition) is 1. The van der Waals surface area contributed by atoms with Crippen molar-refractivity contribution in [2.75, 3.05) is 38.0 Å². The molecule has 8 nitrogen and oxygen atoms in total. The summed E-state index contributed by atoms with van der Waals surface area (Å²) < 4.78 is 32.8. The number of aromatic nitrogens is 1. The molecule has 0 unspecified atom stereocenters. The zero-order valence-corrected chi connectivity index (χ0v) is 19.8. The van der Waals surface area contributed by atoms with E-state index in [1.807, 2.05) is 24.3 Å². The molecular weight excluding hydrogens is 440 g/mol. The molecule has 1 fully saturated rings. The van der Waals surface area contributed by atoms with Crippen LogP contribution in [0.3, 0.4) is 0 Å². The first-order valence-corrected chi connectivity index (χ1v) is 12.8. The van der Waals surface area contributed by atoms with Crippen molar-refractivity contribution in [2.45, 2.75) is 37.5 Å². The van der Waals surface area contributed by atoms with E-state index >= 15 is 0 Å². The lowest BCUT2D eigenvalue weighted by Gasteiger charge is -2.29. The van der Waals surface area contributed by atoms with Crippen LogP contribution >= 0.6 is 0 Å². The van der Waals surface area contributed by atoms with Crippen LogP contribution in [-0.2, 0) is 14.8 Å². The van der Waals surface area contributed by atoms with Gasteiger partial charge in [0.05, 0.1) is 11.4 Å². The molecule has 0 radical (unpaired) electrons. The van der Waals surface area contributed by atoms with E-state index in [2.05, 4.69) is 15.2 Å². The summed E-state index contributed by atoms with van der Waals surface area (Å²) in [6.07, 6.45) is 1.75. The van der Waals surface area contributed by atoms with Crippen LogP contribution in [0.4, 0.5) is 5.69 Å². The van der Waals surface area contributed by atoms with Gasteiger partial charge in [-0.15, -0.1) is 0 Å². The maximum Gasteiger partial charge on any atom is 0.243 e. The minimum atomic E-state index is -3.57. The van der Waals surface area contributed by atoms with Crippen molar-refractivity contribution in [1.29, 1.82) is 0 Å². The molecule has 0 atom stereocenters. The number of rotatable bonds is 8. The predicted molar refractivity (Wildman–Crippen MR) is 128 cm³/mol. The Hall–Kier alpha value is -2.75. The Kier molecular flexibility index (Phi) is 7.11. The molecule has 3 aromatic rings. The van der Waals surface area contributed by atoms with E-state index in [1.54, 1.807) is 32.0 Å². The molecule has 4 rings (SSSR count). The zero-order chi connectivity index (χ0) is 23.4. The molecule has 0 aliphatic carbocycles. The van der Waals surface area contributed by atoms with Crippen molar-refractivity contribution in [3.05, 3.63) is 54.4 Å². The standard InChI is InChI=1S/C24H30N4O4S/c1-3-28(4-2)33(30,31)20-9-7-8-19(16-20)25-23(29)17-27-14-12-18(13-15-27)24-26-21-10-5-6-11-22(21)32-24/h5-11,16,18H,3-4,12-15,17H2,1-2H3,(H,25,29). The smallest absolute Gasteiger partial charge is 0.243 e. The van der Waals surface area contributed by atoms with E-state index in [0.717, 1.165) is 42.9 Å². The van der Waals surface area contributed by atoms with Crippen molar-refractivity contribution < 1.29 is 17.6 Å². The van der Waals surface area contributed by atoms with Crippen LogP contribution in [0.2, 0.25) is 0 Å². The third kappa shape index (κ3) is 5.26. The van der Waals surface area contributed by atoms with Crippen LogP contribution < -0.4 is 5.32 Å². The Bertz CT molecular complexity index is 1180. The first kappa shape index (κ1) is 23.4. The molecule has 9 heteroatoms. The third-order valence-corrected chi connectivity index (χ3v) is 8.12. The second-order valence-electron chi connectivity index (χ2n) is 8.24. The number of fused-ring (bicyclic) bond motifs is 1. The Morgan fingerprint density at radius 2 is 1.85 bits per heavy atom. The minimum absolute atomic E-state index is 0.160. The molecule has 1 N–H and O–H groups in total. The predicted octanol–water partition coefficient (Wildman–Crippen LogP) is 3.68. The summed E-state index contributed by atoms with van der Waals surface area (Å²) in [5, 5.41) is 2.84. The van der Waals surface area contributed by atoms with Gasteiger partial charge in [0.25, 0.3) is 0 Å². The number of nitrogens with zero attached hydrogens (tertiary/aromatic N) is 3. The Morgan fingerprint density at radius 1 is 1.12 bits per heavy atom. The Balaban J connectivity index is 1.33. The molecular formula is C24H30N4O4S. The average Bonchev–Trinajstić information content (AvgIpc) is 3.24. The lowest BCUT2D eigenvalue weighted by atomic mass is 9.97. The summed E-state index contributed by atoms with van der Waals surface area (Å²) in [4.78, 5) is 19.5. The highest BCUT2D eigenvalue weighted by atomic mass is 32.2. The number of sulfonamides is 1. The summed E-state index contributed by atoms with van der Waals surface area (Å²) >= 11 is 0. The molecule has 1 saturated heterocycles. The number of carbonyl (C=O) groups excluding carboxylic acids is 1. The van der Waals surface area contributed by atoms with Gasteiger partial charge in [-0.25, -0.2) is 13.4 Å². The summed E-state index contributed by atoms with van der Waals surface area (Å²) in [6.45, 7) is 6.21. The van der Waals surface area contributed by atoms with Gasteiger partial charge in [0, 0.05) is 24.7 Å². The highest BCUT2D eigenvalue weighted by Crippen LogP contribution is 2.30. The third-order valence-electron chi connectivity index (χ3n) is 6.08. The molecule has 1 aliphatic heterocycles. The lowest BCUT2D eigenvalue weighted by molar-refractivity contribution is -0.117. The summed E-state index contributed by atoms with van der Waals surface area (Å²) in [7, 11) is -3.57. The molecule has 1 aliphatic rings. The fourth-order valence-electron chi connectivity index (χ4n) is 4.25. The van der Waals surface area contributed by atoms with Gasteiger partial charge in [-0.05, 0) is 56.3 Å². The SMILES string of the molecule is CCN(CC)S(=O)(=O)c1cccc(NC(=O)CN2CCC(c3nc4ccccc4o3)CC2)c1. The molecule has 0 bridgehead atoms. The fourth-order valence-corrected chi connectivity index (χ4v) is 5.76. The number of oxazole rings is 1. The number of benzene rings is 2. The minimum Gasteiger partial charge on any atom is -0.440 e. The highest BCUT2D eigenvalue weighted by molar-refractivity contribution is 7.89. The largest absolute Gasteiger partial charge is 0.440 e. The van der Waals surface area contributed by atoms with Crippen LogP contribution in [0.15, 0.2) is 57.8 Å². The second-order valence-corrected chi connectivity index (χ2v) is 10.2. The van der Waals surface area contributed by atoms with Gasteiger partial charge < -0.3 is 9.73 Å². The maximum atomic E-state index is 12.7. The van der Waals surface area contributed by atoms with Crippen LogP contribution in [-0.4, -0.2) is 61.2 Å². The van der Waals surface area contributed by atoms with Gasteiger partial charge in [0.2, 0.25) is 15.9 Å². The van der Waals surface area contributed by atoms with Gasteiger partial charge in [0.15, 0.2) is 11.5 Å². The molecule has 0 spiro atoms. The van der Waals surface area contributed by atoms with E-state index < -0.39 is 10.0 Å². The zero-order valence-electron chi connectivity index (χ0n) is 19.0. The normalized spacial score (nSPS) is 15.8. The number of nitrogens with one attached hydrogen (secondary N) is 1. The second kappa shape index (κ2) is 10.0. The quantitative estimate of drug-likeness (QED) is 0.540.